The summed E-state index contributed by atoms with van der Waals surface area (Å²) in [7, 11) is 1.60. The van der Waals surface area contributed by atoms with Crippen molar-refractivity contribution in [1.29, 1.82) is 0 Å². The van der Waals surface area contributed by atoms with E-state index in [0.29, 0.717) is 24.8 Å². The van der Waals surface area contributed by atoms with E-state index in [0.717, 1.165) is 0 Å². The van der Waals surface area contributed by atoms with Crippen molar-refractivity contribution in [1.82, 2.24) is 9.97 Å². The molecule has 1 heterocycles. The van der Waals surface area contributed by atoms with Crippen molar-refractivity contribution in [3.05, 3.63) is 18.1 Å². The third-order valence-electron chi connectivity index (χ3n) is 1.38. The maximum absolute atomic E-state index is 8.68. The molecule has 0 bridgehead atoms. The number of aromatic nitrogens is 2. The van der Waals surface area contributed by atoms with Gasteiger partial charge in [0.25, 0.3) is 0 Å². The van der Waals surface area contributed by atoms with Gasteiger partial charge in [0.15, 0.2) is 0 Å². The number of aliphatic hydroxyl groups is 1. The van der Waals surface area contributed by atoms with Crippen LogP contribution < -0.4 is 4.74 Å². The molecule has 1 N–H and O–H groups in total. The molecule has 72 valence electrons. The lowest BCUT2D eigenvalue weighted by Gasteiger charge is -2.03. The van der Waals surface area contributed by atoms with E-state index < -0.39 is 0 Å². The summed E-state index contributed by atoms with van der Waals surface area (Å²) in [5, 5.41) is 8.68. The van der Waals surface area contributed by atoms with E-state index in [2.05, 4.69) is 9.97 Å². The van der Waals surface area contributed by atoms with Crippen LogP contribution in [-0.4, -0.2) is 35.4 Å². The van der Waals surface area contributed by atoms with Crippen molar-refractivity contribution in [3.8, 4) is 5.88 Å². The summed E-state index contributed by atoms with van der Waals surface area (Å²) >= 11 is 0. The normalized spacial score (nSPS) is 10.0. The molecule has 5 nitrogen and oxygen atoms in total. The number of methoxy groups -OCH3 is 1. The van der Waals surface area contributed by atoms with Crippen molar-refractivity contribution in [2.45, 2.75) is 6.61 Å². The van der Waals surface area contributed by atoms with E-state index in [4.69, 9.17) is 14.6 Å². The third kappa shape index (κ3) is 3.35. The standard InChI is InChI=1S/C8H12N2O3/c1-12-2-3-13-8-5-9-7(6-11)4-10-8/h4-5,11H,2-3,6H2,1H3. The Morgan fingerprint density at radius 1 is 1.31 bits per heavy atom. The molecule has 0 aliphatic carbocycles. The van der Waals surface area contributed by atoms with Gasteiger partial charge in [0.1, 0.15) is 6.61 Å². The number of hydrogen-bond acceptors (Lipinski definition) is 5. The van der Waals surface area contributed by atoms with E-state index in [1.807, 2.05) is 0 Å². The molecule has 13 heavy (non-hydrogen) atoms. The molecule has 0 saturated carbocycles. The van der Waals surface area contributed by atoms with Gasteiger partial charge in [-0.3, -0.25) is 4.98 Å². The first kappa shape index (κ1) is 9.88. The summed E-state index contributed by atoms with van der Waals surface area (Å²) < 4.78 is 9.96. The van der Waals surface area contributed by atoms with Crippen LogP contribution in [0.4, 0.5) is 0 Å². The molecule has 0 spiro atoms. The Bertz CT molecular complexity index is 238. The Labute approximate surface area is 76.4 Å². The van der Waals surface area contributed by atoms with Gasteiger partial charge in [0, 0.05) is 7.11 Å². The summed E-state index contributed by atoms with van der Waals surface area (Å²) in [6.45, 7) is 0.860. The first-order valence-corrected chi connectivity index (χ1v) is 3.90. The van der Waals surface area contributed by atoms with Crippen LogP contribution in [0.25, 0.3) is 0 Å². The highest BCUT2D eigenvalue weighted by Crippen LogP contribution is 2.03. The van der Waals surface area contributed by atoms with E-state index in [9.17, 15) is 0 Å². The molecular formula is C8H12N2O3. The molecule has 1 aromatic rings. The molecular weight excluding hydrogens is 172 g/mol. The van der Waals surface area contributed by atoms with Crippen LogP contribution >= 0.6 is 0 Å². The Balaban J connectivity index is 2.40. The molecule has 0 atom stereocenters. The second-order valence-electron chi connectivity index (χ2n) is 2.35. The summed E-state index contributed by atoms with van der Waals surface area (Å²) in [4.78, 5) is 7.82. The SMILES string of the molecule is COCCOc1cnc(CO)cn1. The van der Waals surface area contributed by atoms with Gasteiger partial charge < -0.3 is 14.6 Å². The Morgan fingerprint density at radius 2 is 2.15 bits per heavy atom. The first-order valence-electron chi connectivity index (χ1n) is 3.90. The lowest BCUT2D eigenvalue weighted by atomic mass is 10.5. The number of aliphatic hydroxyl groups excluding tert-OH is 1. The number of rotatable bonds is 5. The summed E-state index contributed by atoms with van der Waals surface area (Å²) in [6, 6.07) is 0. The highest BCUT2D eigenvalue weighted by atomic mass is 16.5. The maximum Gasteiger partial charge on any atom is 0.232 e. The maximum atomic E-state index is 8.68. The largest absolute Gasteiger partial charge is 0.474 e. The summed E-state index contributed by atoms with van der Waals surface area (Å²) in [5.74, 6) is 0.439. The second kappa shape index (κ2) is 5.45. The Kier molecular flexibility index (Phi) is 4.14. The minimum Gasteiger partial charge on any atom is -0.474 e. The van der Waals surface area contributed by atoms with E-state index >= 15 is 0 Å². The fourth-order valence-electron chi connectivity index (χ4n) is 0.729. The van der Waals surface area contributed by atoms with E-state index in [1.165, 1.54) is 12.4 Å². The average Bonchev–Trinajstić information content (AvgIpc) is 2.19. The van der Waals surface area contributed by atoms with Gasteiger partial charge >= 0.3 is 0 Å². The van der Waals surface area contributed by atoms with Crippen LogP contribution in [0.1, 0.15) is 5.69 Å². The number of nitrogens with zero attached hydrogens (tertiary/aromatic N) is 2. The number of hydrogen-bond donors (Lipinski definition) is 1. The van der Waals surface area contributed by atoms with Crippen LogP contribution in [0.2, 0.25) is 0 Å². The van der Waals surface area contributed by atoms with Gasteiger partial charge in [0.05, 0.1) is 31.3 Å². The predicted octanol–water partition coefficient (Wildman–Crippen LogP) is -0.00590. The fraction of sp³-hybridized carbons (Fsp3) is 0.500. The van der Waals surface area contributed by atoms with Gasteiger partial charge in [-0.05, 0) is 0 Å². The Morgan fingerprint density at radius 3 is 2.69 bits per heavy atom. The van der Waals surface area contributed by atoms with Gasteiger partial charge in [-0.15, -0.1) is 0 Å². The summed E-state index contributed by atoms with van der Waals surface area (Å²) in [6.07, 6.45) is 2.95. The van der Waals surface area contributed by atoms with Gasteiger partial charge in [-0.2, -0.15) is 0 Å². The van der Waals surface area contributed by atoms with Gasteiger partial charge in [0.2, 0.25) is 5.88 Å². The second-order valence-corrected chi connectivity index (χ2v) is 2.35. The predicted molar refractivity (Wildman–Crippen MR) is 45.3 cm³/mol. The van der Waals surface area contributed by atoms with Gasteiger partial charge in [-0.25, -0.2) is 4.98 Å². The lowest BCUT2D eigenvalue weighted by molar-refractivity contribution is 0.143. The van der Waals surface area contributed by atoms with Crippen molar-refractivity contribution in [2.24, 2.45) is 0 Å². The molecule has 1 aromatic heterocycles. The zero-order valence-corrected chi connectivity index (χ0v) is 7.43. The minimum atomic E-state index is -0.106. The van der Waals surface area contributed by atoms with Crippen LogP contribution in [0.5, 0.6) is 5.88 Å². The third-order valence-corrected chi connectivity index (χ3v) is 1.38. The lowest BCUT2D eigenvalue weighted by Crippen LogP contribution is -2.05. The quantitative estimate of drug-likeness (QED) is 0.652. The molecule has 0 radical (unpaired) electrons. The van der Waals surface area contributed by atoms with Crippen LogP contribution in [0, 0.1) is 0 Å². The van der Waals surface area contributed by atoms with Crippen LogP contribution in [0.15, 0.2) is 12.4 Å². The van der Waals surface area contributed by atoms with Crippen molar-refractivity contribution in [2.75, 3.05) is 20.3 Å². The monoisotopic (exact) mass is 184 g/mol. The molecule has 0 saturated heterocycles. The van der Waals surface area contributed by atoms with Crippen molar-refractivity contribution >= 4 is 0 Å². The van der Waals surface area contributed by atoms with Crippen molar-refractivity contribution < 1.29 is 14.6 Å². The topological polar surface area (TPSA) is 64.5 Å². The van der Waals surface area contributed by atoms with Crippen molar-refractivity contribution in [3.63, 3.8) is 0 Å². The van der Waals surface area contributed by atoms with E-state index in [-0.39, 0.29) is 6.61 Å². The van der Waals surface area contributed by atoms with Crippen LogP contribution in [0.3, 0.4) is 0 Å². The zero-order valence-electron chi connectivity index (χ0n) is 7.43. The van der Waals surface area contributed by atoms with Crippen LogP contribution in [-0.2, 0) is 11.3 Å². The smallest absolute Gasteiger partial charge is 0.232 e. The fourth-order valence-corrected chi connectivity index (χ4v) is 0.729. The molecule has 0 aliphatic rings. The molecule has 5 heteroatoms. The molecule has 0 fully saturated rings. The molecule has 0 aliphatic heterocycles. The molecule has 0 unspecified atom stereocenters. The first-order chi connectivity index (χ1) is 6.36. The molecule has 0 amide bonds. The average molecular weight is 184 g/mol. The zero-order chi connectivity index (χ0) is 9.52. The highest BCUT2D eigenvalue weighted by Gasteiger charge is 1.96. The van der Waals surface area contributed by atoms with Gasteiger partial charge in [-0.1, -0.05) is 0 Å². The number of ether oxygens (including phenoxy) is 2. The highest BCUT2D eigenvalue weighted by molar-refractivity contribution is 5.06. The van der Waals surface area contributed by atoms with E-state index in [1.54, 1.807) is 7.11 Å². The summed E-state index contributed by atoms with van der Waals surface area (Å²) in [5.41, 5.74) is 0.527. The Hall–Kier alpha value is -1.20. The molecule has 0 aromatic carbocycles. The minimum absolute atomic E-state index is 0.106. The molecule has 1 rings (SSSR count).